The van der Waals surface area contributed by atoms with Gasteiger partial charge in [0, 0.05) is 5.56 Å². The molecule has 16 heteroatoms. The molecule has 1 aromatic carbocycles. The van der Waals surface area contributed by atoms with Crippen molar-refractivity contribution in [3.8, 4) is 12.1 Å². The number of halogens is 14. The number of alkyl halides is 12. The lowest BCUT2D eigenvalue weighted by atomic mass is 9.79. The highest BCUT2D eigenvalue weighted by molar-refractivity contribution is 5.57. The van der Waals surface area contributed by atoms with Crippen molar-refractivity contribution in [2.24, 2.45) is 0 Å². The summed E-state index contributed by atoms with van der Waals surface area (Å²) >= 11 is 0. The molecule has 0 amide bonds. The van der Waals surface area contributed by atoms with Crippen LogP contribution in [0.4, 0.5) is 61.5 Å². The molecule has 1 rings (SSSR count). The van der Waals surface area contributed by atoms with Crippen molar-refractivity contribution >= 4 is 0 Å². The fraction of sp³-hybridized carbons (Fsp3) is 0.429. The Morgan fingerprint density at radius 3 is 1.17 bits per heavy atom. The molecule has 0 aliphatic rings. The first-order chi connectivity index (χ1) is 13.3. The van der Waals surface area contributed by atoms with E-state index >= 15 is 0 Å². The lowest BCUT2D eigenvalue weighted by molar-refractivity contribution is -0.350. The van der Waals surface area contributed by atoms with Gasteiger partial charge in [0.2, 0.25) is 0 Å². The summed E-state index contributed by atoms with van der Waals surface area (Å²) in [5, 5.41) is 17.2. The minimum Gasteiger partial charge on any atom is -0.247 e. The molecule has 1 unspecified atom stereocenters. The third kappa shape index (κ3) is 3.27. The molecular formula is C14H2F14N2. The normalized spacial score (nSPS) is 15.3. The molecule has 0 aromatic heterocycles. The number of benzene rings is 1. The zero-order valence-corrected chi connectivity index (χ0v) is 13.4. The van der Waals surface area contributed by atoms with E-state index in [0.717, 1.165) is 0 Å². The summed E-state index contributed by atoms with van der Waals surface area (Å²) in [4.78, 5) is 0. The van der Waals surface area contributed by atoms with Gasteiger partial charge in [-0.3, -0.25) is 0 Å². The predicted octanol–water partition coefficient (Wildman–Crippen LogP) is 5.69. The molecule has 0 N–H and O–H groups in total. The molecule has 2 nitrogen and oxygen atoms in total. The van der Waals surface area contributed by atoms with Crippen molar-refractivity contribution in [3.05, 3.63) is 33.9 Å². The van der Waals surface area contributed by atoms with E-state index in [1.54, 1.807) is 0 Å². The standard InChI is InChI=1S/C14H2F14N2/c15-3-10(18,12(20,21)22)6-7(11(19,13(23,24)25)14(26,27)28)9(17)5(2-30)4(1-29)8(6)16/h3H2. The predicted molar refractivity (Wildman–Crippen MR) is 65.5 cm³/mol. The zero-order valence-electron chi connectivity index (χ0n) is 13.4. The van der Waals surface area contributed by atoms with E-state index in [2.05, 4.69) is 0 Å². The van der Waals surface area contributed by atoms with Gasteiger partial charge < -0.3 is 0 Å². The van der Waals surface area contributed by atoms with Gasteiger partial charge in [0.15, 0.2) is 0 Å². The lowest BCUT2D eigenvalue weighted by Gasteiger charge is -2.36. The van der Waals surface area contributed by atoms with Gasteiger partial charge in [0.25, 0.3) is 5.67 Å². The van der Waals surface area contributed by atoms with Gasteiger partial charge in [-0.2, -0.15) is 50.0 Å². The van der Waals surface area contributed by atoms with Crippen LogP contribution in [0.3, 0.4) is 0 Å². The van der Waals surface area contributed by atoms with E-state index in [-0.39, 0.29) is 0 Å². The molecule has 1 atom stereocenters. The third-order valence-electron chi connectivity index (χ3n) is 3.76. The molecule has 0 radical (unpaired) electrons. The lowest BCUT2D eigenvalue weighted by Crippen LogP contribution is -2.54. The molecule has 1 aromatic rings. The molecule has 0 saturated carbocycles. The molecule has 166 valence electrons. The van der Waals surface area contributed by atoms with Crippen molar-refractivity contribution < 1.29 is 61.5 Å². The van der Waals surface area contributed by atoms with Crippen LogP contribution >= 0.6 is 0 Å². The number of rotatable bonds is 3. The summed E-state index contributed by atoms with van der Waals surface area (Å²) in [6.07, 6.45) is -21.7. The molecule has 0 saturated heterocycles. The number of nitrogens with zero attached hydrogens (tertiary/aromatic N) is 2. The molecule has 0 bridgehead atoms. The van der Waals surface area contributed by atoms with E-state index in [1.807, 2.05) is 0 Å². The van der Waals surface area contributed by atoms with Gasteiger partial charge in [-0.05, 0) is 0 Å². The largest absolute Gasteiger partial charge is 0.436 e. The second-order valence-corrected chi connectivity index (χ2v) is 5.44. The Labute approximate surface area is 155 Å². The highest BCUT2D eigenvalue weighted by atomic mass is 19.4. The van der Waals surface area contributed by atoms with Crippen molar-refractivity contribution in [3.63, 3.8) is 0 Å². The van der Waals surface area contributed by atoms with Crippen LogP contribution in [-0.4, -0.2) is 25.2 Å². The van der Waals surface area contributed by atoms with Crippen LogP contribution in [0.25, 0.3) is 0 Å². The molecule has 0 aliphatic carbocycles. The highest BCUT2D eigenvalue weighted by Gasteiger charge is 2.77. The fourth-order valence-electron chi connectivity index (χ4n) is 2.32. The Bertz CT molecular complexity index is 913. The van der Waals surface area contributed by atoms with Crippen molar-refractivity contribution in [1.82, 2.24) is 0 Å². The van der Waals surface area contributed by atoms with Gasteiger partial charge in [-0.15, -0.1) is 0 Å². The first-order valence-corrected chi connectivity index (χ1v) is 6.77. The second-order valence-electron chi connectivity index (χ2n) is 5.44. The van der Waals surface area contributed by atoms with E-state index in [4.69, 9.17) is 10.5 Å². The van der Waals surface area contributed by atoms with Crippen molar-refractivity contribution in [1.29, 1.82) is 10.5 Å². The van der Waals surface area contributed by atoms with E-state index in [0.29, 0.717) is 12.1 Å². The molecule has 0 spiro atoms. The minimum absolute atomic E-state index is 0.370. The summed E-state index contributed by atoms with van der Waals surface area (Å²) < 4.78 is 187. The van der Waals surface area contributed by atoms with Gasteiger partial charge in [-0.25, -0.2) is 22.0 Å². The van der Waals surface area contributed by atoms with Crippen LogP contribution < -0.4 is 0 Å². The SMILES string of the molecule is N#Cc1c(F)c(C(F)(CF)C(F)(F)F)c(C(F)(C(F)(F)F)C(F)(F)F)c(F)c1C#N. The van der Waals surface area contributed by atoms with Gasteiger partial charge in [0.05, 0.1) is 5.56 Å². The van der Waals surface area contributed by atoms with Crippen LogP contribution in [0, 0.1) is 34.3 Å². The van der Waals surface area contributed by atoms with Crippen molar-refractivity contribution in [2.75, 3.05) is 6.67 Å². The Morgan fingerprint density at radius 1 is 0.600 bits per heavy atom. The fourth-order valence-corrected chi connectivity index (χ4v) is 2.32. The molecule has 0 aliphatic heterocycles. The average Bonchev–Trinajstić information content (AvgIpc) is 2.58. The maximum absolute atomic E-state index is 14.3. The Balaban J connectivity index is 4.59. The third-order valence-corrected chi connectivity index (χ3v) is 3.76. The van der Waals surface area contributed by atoms with Crippen LogP contribution in [0.5, 0.6) is 0 Å². The van der Waals surface area contributed by atoms with Crippen LogP contribution in [-0.2, 0) is 11.3 Å². The summed E-state index contributed by atoms with van der Waals surface area (Å²) in [5.41, 5.74) is -25.9. The highest BCUT2D eigenvalue weighted by Crippen LogP contribution is 2.58. The number of hydrogen-bond acceptors (Lipinski definition) is 2. The van der Waals surface area contributed by atoms with Gasteiger partial charge >= 0.3 is 24.2 Å². The topological polar surface area (TPSA) is 47.6 Å². The van der Waals surface area contributed by atoms with Gasteiger partial charge in [0.1, 0.15) is 41.6 Å². The Hall–Kier alpha value is -2.78. The summed E-state index contributed by atoms with van der Waals surface area (Å²) in [6.45, 7) is -3.64. The number of nitriles is 2. The monoisotopic (exact) mass is 464 g/mol. The summed E-state index contributed by atoms with van der Waals surface area (Å²) in [5.74, 6) is -6.82. The van der Waals surface area contributed by atoms with E-state index in [9.17, 15) is 61.5 Å². The second kappa shape index (κ2) is 7.17. The molecular weight excluding hydrogens is 462 g/mol. The Kier molecular flexibility index (Phi) is 6.04. The zero-order chi connectivity index (χ0) is 24.1. The minimum atomic E-state index is -7.41. The first kappa shape index (κ1) is 25.3. The van der Waals surface area contributed by atoms with Gasteiger partial charge in [-0.1, -0.05) is 0 Å². The molecule has 0 heterocycles. The smallest absolute Gasteiger partial charge is 0.247 e. The summed E-state index contributed by atoms with van der Waals surface area (Å²) in [6, 6.07) is 0.791. The Morgan fingerprint density at radius 2 is 0.933 bits per heavy atom. The maximum atomic E-state index is 14.3. The maximum Gasteiger partial charge on any atom is 0.436 e. The van der Waals surface area contributed by atoms with Crippen molar-refractivity contribution in [2.45, 2.75) is 29.9 Å². The van der Waals surface area contributed by atoms with E-state index in [1.165, 1.54) is 0 Å². The average molecular weight is 464 g/mol. The van der Waals surface area contributed by atoms with Crippen LogP contribution in [0.15, 0.2) is 0 Å². The van der Waals surface area contributed by atoms with E-state index < -0.39 is 70.4 Å². The quantitative estimate of drug-likeness (QED) is 0.540. The van der Waals surface area contributed by atoms with Crippen LogP contribution in [0.1, 0.15) is 22.3 Å². The summed E-state index contributed by atoms with van der Waals surface area (Å²) in [7, 11) is 0. The van der Waals surface area contributed by atoms with Crippen LogP contribution in [0.2, 0.25) is 0 Å². The first-order valence-electron chi connectivity index (χ1n) is 6.77. The molecule has 30 heavy (non-hydrogen) atoms. The molecule has 0 fully saturated rings. The number of hydrogen-bond donors (Lipinski definition) is 0.